The molecule has 0 unspecified atom stereocenters. The van der Waals surface area contributed by atoms with Crippen LogP contribution in [0.4, 0.5) is 0 Å². The van der Waals surface area contributed by atoms with E-state index in [-0.39, 0.29) is 5.91 Å². The molecule has 1 heterocycles. The summed E-state index contributed by atoms with van der Waals surface area (Å²) in [5, 5.41) is 4.81. The zero-order chi connectivity index (χ0) is 15.4. The molecule has 0 radical (unpaired) electrons. The molecule has 0 aliphatic heterocycles. The highest BCUT2D eigenvalue weighted by Crippen LogP contribution is 2.22. The van der Waals surface area contributed by atoms with Crippen molar-refractivity contribution in [1.82, 2.24) is 14.7 Å². The van der Waals surface area contributed by atoms with Gasteiger partial charge in [-0.25, -0.2) is 0 Å². The van der Waals surface area contributed by atoms with Crippen LogP contribution in [0.1, 0.15) is 49.8 Å². The molecule has 0 N–H and O–H groups in total. The largest absolute Gasteiger partial charge is 0.339 e. The fourth-order valence-electron chi connectivity index (χ4n) is 2.93. The molecule has 0 saturated heterocycles. The summed E-state index contributed by atoms with van der Waals surface area (Å²) in [6, 6.07) is 0.370. The molecule has 1 aliphatic rings. The van der Waals surface area contributed by atoms with Gasteiger partial charge in [0.2, 0.25) is 5.91 Å². The van der Waals surface area contributed by atoms with Crippen LogP contribution in [0.3, 0.4) is 0 Å². The Hall–Kier alpha value is -1.29. The Morgan fingerprint density at radius 2 is 1.95 bits per heavy atom. The first-order valence-electron chi connectivity index (χ1n) is 7.64. The molecule has 0 atom stereocenters. The predicted octanol–water partition coefficient (Wildman–Crippen LogP) is 3.58. The van der Waals surface area contributed by atoms with Crippen LogP contribution in [0.15, 0.2) is 6.08 Å². The number of rotatable bonds is 3. The number of aromatic nitrogens is 2. The molecule has 116 valence electrons. The summed E-state index contributed by atoms with van der Waals surface area (Å²) in [5.41, 5.74) is 1.66. The van der Waals surface area contributed by atoms with Crippen LogP contribution < -0.4 is 0 Å². The Kier molecular flexibility index (Phi) is 5.45. The van der Waals surface area contributed by atoms with E-state index in [0.29, 0.717) is 11.2 Å². The van der Waals surface area contributed by atoms with Gasteiger partial charge in [-0.05, 0) is 25.8 Å². The molecule has 2 rings (SSSR count). The van der Waals surface area contributed by atoms with Crippen LogP contribution in [0.2, 0.25) is 5.15 Å². The van der Waals surface area contributed by atoms with E-state index in [2.05, 4.69) is 5.10 Å². The number of carbonyl (C=O) groups excluding carboxylic acids is 1. The number of likely N-dealkylation sites (N-methyl/N-ethyl adjacent to an activating group) is 1. The predicted molar refractivity (Wildman–Crippen MR) is 86.2 cm³/mol. The molecule has 4 nitrogen and oxygen atoms in total. The van der Waals surface area contributed by atoms with E-state index in [4.69, 9.17) is 11.6 Å². The van der Waals surface area contributed by atoms with Crippen LogP contribution in [0.25, 0.3) is 6.08 Å². The Morgan fingerprint density at radius 1 is 1.33 bits per heavy atom. The fourth-order valence-corrected chi connectivity index (χ4v) is 3.17. The summed E-state index contributed by atoms with van der Waals surface area (Å²) >= 11 is 6.17. The Labute approximate surface area is 131 Å². The van der Waals surface area contributed by atoms with E-state index in [1.165, 1.54) is 25.7 Å². The Morgan fingerprint density at radius 3 is 2.48 bits per heavy atom. The van der Waals surface area contributed by atoms with Crippen LogP contribution >= 0.6 is 11.6 Å². The topological polar surface area (TPSA) is 38.1 Å². The second-order valence-electron chi connectivity index (χ2n) is 5.84. The van der Waals surface area contributed by atoms with E-state index < -0.39 is 0 Å². The smallest absolute Gasteiger partial charge is 0.246 e. The van der Waals surface area contributed by atoms with Crippen molar-refractivity contribution < 1.29 is 4.79 Å². The summed E-state index contributed by atoms with van der Waals surface area (Å²) in [4.78, 5) is 14.2. The highest BCUT2D eigenvalue weighted by atomic mass is 35.5. The first-order chi connectivity index (χ1) is 10.0. The van der Waals surface area contributed by atoms with Gasteiger partial charge in [0.25, 0.3) is 0 Å². The number of carbonyl (C=O) groups is 1. The van der Waals surface area contributed by atoms with Gasteiger partial charge < -0.3 is 4.90 Å². The maximum atomic E-state index is 12.3. The molecule has 0 aromatic carbocycles. The minimum absolute atomic E-state index is 0.0428. The standard InChI is InChI=1S/C16H24ClN3O/c1-12-14(16(17)20(3)18-12)10-11-15(21)19(2)13-8-6-4-5-7-9-13/h10-11,13H,4-9H2,1-3H3/b11-10+. The van der Waals surface area contributed by atoms with Gasteiger partial charge in [0, 0.05) is 31.8 Å². The van der Waals surface area contributed by atoms with Gasteiger partial charge in [0.05, 0.1) is 5.69 Å². The van der Waals surface area contributed by atoms with Crippen LogP contribution in [-0.4, -0.2) is 33.7 Å². The highest BCUT2D eigenvalue weighted by Gasteiger charge is 2.19. The van der Waals surface area contributed by atoms with Crippen molar-refractivity contribution in [2.24, 2.45) is 7.05 Å². The number of hydrogen-bond acceptors (Lipinski definition) is 2. The lowest BCUT2D eigenvalue weighted by Gasteiger charge is -2.26. The van der Waals surface area contributed by atoms with Gasteiger partial charge in [-0.1, -0.05) is 37.3 Å². The average molecular weight is 310 g/mol. The highest BCUT2D eigenvalue weighted by molar-refractivity contribution is 6.31. The molecule has 1 aromatic rings. The first-order valence-corrected chi connectivity index (χ1v) is 8.02. The quantitative estimate of drug-likeness (QED) is 0.632. The molecule has 1 aliphatic carbocycles. The summed E-state index contributed by atoms with van der Waals surface area (Å²) in [7, 11) is 3.70. The lowest BCUT2D eigenvalue weighted by molar-refractivity contribution is -0.126. The van der Waals surface area contributed by atoms with Crippen molar-refractivity contribution in [3.63, 3.8) is 0 Å². The van der Waals surface area contributed by atoms with E-state index in [1.54, 1.807) is 23.9 Å². The van der Waals surface area contributed by atoms with Crippen molar-refractivity contribution in [2.45, 2.75) is 51.5 Å². The average Bonchev–Trinajstić information content (AvgIpc) is 2.69. The molecule has 5 heteroatoms. The van der Waals surface area contributed by atoms with E-state index in [0.717, 1.165) is 24.1 Å². The minimum atomic E-state index is 0.0428. The lowest BCUT2D eigenvalue weighted by Crippen LogP contribution is -2.35. The van der Waals surface area contributed by atoms with Crippen molar-refractivity contribution >= 4 is 23.6 Å². The number of aryl methyl sites for hydroxylation is 2. The van der Waals surface area contributed by atoms with Gasteiger partial charge in [-0.2, -0.15) is 5.10 Å². The third-order valence-corrected chi connectivity index (χ3v) is 4.76. The Balaban J connectivity index is 2.04. The first kappa shape index (κ1) is 16.1. The van der Waals surface area contributed by atoms with Gasteiger partial charge in [0.1, 0.15) is 5.15 Å². The van der Waals surface area contributed by atoms with E-state index in [9.17, 15) is 4.79 Å². The molecule has 1 saturated carbocycles. The number of nitrogens with zero attached hydrogens (tertiary/aromatic N) is 3. The molecular weight excluding hydrogens is 286 g/mol. The SMILES string of the molecule is Cc1nn(C)c(Cl)c1/C=C/C(=O)N(C)C1CCCCCC1. The molecule has 0 spiro atoms. The normalized spacial score (nSPS) is 17.1. The molecule has 1 fully saturated rings. The maximum Gasteiger partial charge on any atom is 0.246 e. The third-order valence-electron chi connectivity index (χ3n) is 4.31. The molecule has 1 amide bonds. The molecule has 21 heavy (non-hydrogen) atoms. The molecule has 0 bridgehead atoms. The zero-order valence-electron chi connectivity index (χ0n) is 13.1. The minimum Gasteiger partial charge on any atom is -0.339 e. The van der Waals surface area contributed by atoms with Crippen LogP contribution in [-0.2, 0) is 11.8 Å². The second-order valence-corrected chi connectivity index (χ2v) is 6.20. The summed E-state index contributed by atoms with van der Waals surface area (Å²) in [6.45, 7) is 1.89. The van der Waals surface area contributed by atoms with Crippen molar-refractivity contribution in [3.8, 4) is 0 Å². The molecule has 1 aromatic heterocycles. The molecular formula is C16H24ClN3O. The van der Waals surface area contributed by atoms with Gasteiger partial charge in [-0.3, -0.25) is 9.48 Å². The van der Waals surface area contributed by atoms with E-state index >= 15 is 0 Å². The monoisotopic (exact) mass is 309 g/mol. The second kappa shape index (κ2) is 7.12. The summed E-state index contributed by atoms with van der Waals surface area (Å²) in [5.74, 6) is 0.0428. The van der Waals surface area contributed by atoms with Crippen molar-refractivity contribution in [1.29, 1.82) is 0 Å². The lowest BCUT2D eigenvalue weighted by atomic mass is 10.1. The summed E-state index contributed by atoms with van der Waals surface area (Å²) < 4.78 is 1.62. The van der Waals surface area contributed by atoms with Gasteiger partial charge >= 0.3 is 0 Å². The number of hydrogen-bond donors (Lipinski definition) is 0. The maximum absolute atomic E-state index is 12.3. The van der Waals surface area contributed by atoms with Gasteiger partial charge in [0.15, 0.2) is 0 Å². The van der Waals surface area contributed by atoms with Crippen molar-refractivity contribution in [2.75, 3.05) is 7.05 Å². The number of amides is 1. The van der Waals surface area contributed by atoms with E-state index in [1.807, 2.05) is 18.9 Å². The van der Waals surface area contributed by atoms with Crippen LogP contribution in [0.5, 0.6) is 0 Å². The third kappa shape index (κ3) is 3.88. The summed E-state index contributed by atoms with van der Waals surface area (Å²) in [6.07, 6.45) is 10.6. The fraction of sp³-hybridized carbons (Fsp3) is 0.625. The van der Waals surface area contributed by atoms with Gasteiger partial charge in [-0.15, -0.1) is 0 Å². The van der Waals surface area contributed by atoms with Crippen molar-refractivity contribution in [3.05, 3.63) is 22.5 Å². The Bertz CT molecular complexity index is 528. The zero-order valence-corrected chi connectivity index (χ0v) is 13.9. The van der Waals surface area contributed by atoms with Crippen LogP contribution in [0, 0.1) is 6.92 Å². The number of halogens is 1.